The lowest BCUT2D eigenvalue weighted by Gasteiger charge is -2.25. The second kappa shape index (κ2) is 8.43. The maximum absolute atomic E-state index is 13.1. The molecule has 2 aliphatic heterocycles. The Labute approximate surface area is 171 Å². The number of carbonyl (C=O) groups is 3. The van der Waals surface area contributed by atoms with Crippen molar-refractivity contribution in [3.63, 3.8) is 0 Å². The first kappa shape index (κ1) is 19.7. The first-order valence-electron chi connectivity index (χ1n) is 10.5. The molecule has 2 heterocycles. The van der Waals surface area contributed by atoms with Gasteiger partial charge in [-0.3, -0.25) is 14.4 Å². The van der Waals surface area contributed by atoms with Crippen molar-refractivity contribution in [3.8, 4) is 5.75 Å². The zero-order chi connectivity index (χ0) is 20.4. The van der Waals surface area contributed by atoms with Crippen LogP contribution in [0.2, 0.25) is 0 Å². The van der Waals surface area contributed by atoms with Crippen molar-refractivity contribution in [1.29, 1.82) is 0 Å². The standard InChI is InChI=1S/C22H29N3O4/c1-29-19-6-3-2-5-17(19)14-25-15-18(13-20(25)26)22(28)24-10-4-9-23(11-12-24)21(27)16-7-8-16/h2-3,5-6,16,18H,4,7-15H2,1H3. The topological polar surface area (TPSA) is 70.2 Å². The number of benzene rings is 1. The fourth-order valence-corrected chi connectivity index (χ4v) is 4.33. The molecule has 29 heavy (non-hydrogen) atoms. The molecule has 3 aliphatic rings. The van der Waals surface area contributed by atoms with Crippen LogP contribution in [0.1, 0.15) is 31.2 Å². The lowest BCUT2D eigenvalue weighted by atomic mass is 10.1. The van der Waals surface area contributed by atoms with Crippen molar-refractivity contribution in [2.75, 3.05) is 39.8 Å². The van der Waals surface area contributed by atoms with Gasteiger partial charge in [-0.25, -0.2) is 0 Å². The maximum atomic E-state index is 13.1. The predicted octanol–water partition coefficient (Wildman–Crippen LogP) is 1.51. The van der Waals surface area contributed by atoms with Crippen LogP contribution in [0, 0.1) is 11.8 Å². The Morgan fingerprint density at radius 1 is 1.00 bits per heavy atom. The van der Waals surface area contributed by atoms with Gasteiger partial charge < -0.3 is 19.4 Å². The Bertz CT molecular complexity index is 792. The smallest absolute Gasteiger partial charge is 0.228 e. The zero-order valence-corrected chi connectivity index (χ0v) is 17.0. The van der Waals surface area contributed by atoms with Crippen LogP contribution >= 0.6 is 0 Å². The van der Waals surface area contributed by atoms with E-state index < -0.39 is 0 Å². The van der Waals surface area contributed by atoms with Crippen molar-refractivity contribution in [2.24, 2.45) is 11.8 Å². The Balaban J connectivity index is 1.34. The number of ether oxygens (including phenoxy) is 1. The molecule has 1 aromatic rings. The summed E-state index contributed by atoms with van der Waals surface area (Å²) in [4.78, 5) is 43.4. The first-order valence-corrected chi connectivity index (χ1v) is 10.5. The lowest BCUT2D eigenvalue weighted by molar-refractivity contribution is -0.136. The summed E-state index contributed by atoms with van der Waals surface area (Å²) in [6.07, 6.45) is 3.07. The summed E-state index contributed by atoms with van der Waals surface area (Å²) in [5.41, 5.74) is 0.945. The molecule has 1 aromatic carbocycles. The summed E-state index contributed by atoms with van der Waals surface area (Å²) in [7, 11) is 1.62. The van der Waals surface area contributed by atoms with Gasteiger partial charge in [-0.2, -0.15) is 0 Å². The van der Waals surface area contributed by atoms with Crippen LogP contribution in [0.5, 0.6) is 5.75 Å². The van der Waals surface area contributed by atoms with Gasteiger partial charge in [-0.1, -0.05) is 18.2 Å². The molecule has 1 unspecified atom stereocenters. The molecule has 4 rings (SSSR count). The number of likely N-dealkylation sites (tertiary alicyclic amines) is 1. The normalized spacial score (nSPS) is 22.6. The van der Waals surface area contributed by atoms with Crippen LogP contribution in [-0.4, -0.2) is 72.3 Å². The predicted molar refractivity (Wildman–Crippen MR) is 107 cm³/mol. The van der Waals surface area contributed by atoms with E-state index in [0.717, 1.165) is 37.1 Å². The molecule has 0 radical (unpaired) electrons. The summed E-state index contributed by atoms with van der Waals surface area (Å²) in [6.45, 7) is 3.45. The summed E-state index contributed by atoms with van der Waals surface area (Å²) in [6, 6.07) is 7.65. The van der Waals surface area contributed by atoms with Crippen LogP contribution in [0.25, 0.3) is 0 Å². The third kappa shape index (κ3) is 4.38. The Morgan fingerprint density at radius 3 is 2.31 bits per heavy atom. The third-order valence-electron chi connectivity index (χ3n) is 6.16. The quantitative estimate of drug-likeness (QED) is 0.753. The van der Waals surface area contributed by atoms with Gasteiger partial charge in [0.1, 0.15) is 5.75 Å². The van der Waals surface area contributed by atoms with Crippen molar-refractivity contribution < 1.29 is 19.1 Å². The highest BCUT2D eigenvalue weighted by Crippen LogP contribution is 2.31. The fraction of sp³-hybridized carbons (Fsp3) is 0.591. The molecule has 0 aromatic heterocycles. The monoisotopic (exact) mass is 399 g/mol. The van der Waals surface area contributed by atoms with Gasteiger partial charge in [0.05, 0.1) is 13.0 Å². The van der Waals surface area contributed by atoms with E-state index in [9.17, 15) is 14.4 Å². The highest BCUT2D eigenvalue weighted by molar-refractivity contribution is 5.89. The molecular weight excluding hydrogens is 370 g/mol. The second-order valence-electron chi connectivity index (χ2n) is 8.27. The minimum absolute atomic E-state index is 0.00890. The summed E-state index contributed by atoms with van der Waals surface area (Å²) in [5.74, 6) is 0.966. The molecular formula is C22H29N3O4. The largest absolute Gasteiger partial charge is 0.496 e. The first-order chi connectivity index (χ1) is 14.1. The van der Waals surface area contributed by atoms with Gasteiger partial charge in [0.15, 0.2) is 0 Å². The van der Waals surface area contributed by atoms with Crippen LogP contribution in [0.3, 0.4) is 0 Å². The minimum Gasteiger partial charge on any atom is -0.496 e. The number of para-hydroxylation sites is 1. The number of amides is 3. The molecule has 0 N–H and O–H groups in total. The Morgan fingerprint density at radius 2 is 1.66 bits per heavy atom. The number of rotatable bonds is 5. The van der Waals surface area contributed by atoms with Crippen LogP contribution in [-0.2, 0) is 20.9 Å². The van der Waals surface area contributed by atoms with E-state index in [1.807, 2.05) is 34.1 Å². The van der Waals surface area contributed by atoms with E-state index in [1.165, 1.54) is 0 Å². The minimum atomic E-state index is -0.303. The summed E-state index contributed by atoms with van der Waals surface area (Å²) in [5, 5.41) is 0. The second-order valence-corrected chi connectivity index (χ2v) is 8.27. The van der Waals surface area contributed by atoms with Crippen LogP contribution < -0.4 is 4.74 Å². The van der Waals surface area contributed by atoms with E-state index in [4.69, 9.17) is 4.74 Å². The molecule has 156 valence electrons. The average molecular weight is 399 g/mol. The van der Waals surface area contributed by atoms with E-state index >= 15 is 0 Å². The molecule has 7 heteroatoms. The molecule has 1 saturated carbocycles. The number of hydrogen-bond donors (Lipinski definition) is 0. The number of carbonyl (C=O) groups excluding carboxylic acids is 3. The molecule has 1 atom stereocenters. The van der Waals surface area contributed by atoms with Gasteiger partial charge in [0.25, 0.3) is 0 Å². The van der Waals surface area contributed by atoms with Gasteiger partial charge in [0.2, 0.25) is 17.7 Å². The summed E-state index contributed by atoms with van der Waals surface area (Å²) < 4.78 is 5.38. The molecule has 2 saturated heterocycles. The van der Waals surface area contributed by atoms with E-state index in [0.29, 0.717) is 32.7 Å². The maximum Gasteiger partial charge on any atom is 0.228 e. The fourth-order valence-electron chi connectivity index (χ4n) is 4.33. The highest BCUT2D eigenvalue weighted by atomic mass is 16.5. The Kier molecular flexibility index (Phi) is 5.74. The van der Waals surface area contributed by atoms with Crippen molar-refractivity contribution in [2.45, 2.75) is 32.2 Å². The molecule has 0 spiro atoms. The zero-order valence-electron chi connectivity index (χ0n) is 17.0. The van der Waals surface area contributed by atoms with Crippen LogP contribution in [0.15, 0.2) is 24.3 Å². The Hall–Kier alpha value is -2.57. The molecule has 3 fully saturated rings. The van der Waals surface area contributed by atoms with Gasteiger partial charge in [-0.15, -0.1) is 0 Å². The van der Waals surface area contributed by atoms with Crippen molar-refractivity contribution in [1.82, 2.24) is 14.7 Å². The molecule has 7 nitrogen and oxygen atoms in total. The summed E-state index contributed by atoms with van der Waals surface area (Å²) >= 11 is 0. The van der Waals surface area contributed by atoms with Gasteiger partial charge in [-0.05, 0) is 25.3 Å². The van der Waals surface area contributed by atoms with E-state index in [2.05, 4.69) is 0 Å². The highest BCUT2D eigenvalue weighted by Gasteiger charge is 2.38. The number of hydrogen-bond acceptors (Lipinski definition) is 4. The molecule has 3 amide bonds. The average Bonchev–Trinajstić information content (AvgIpc) is 3.54. The SMILES string of the molecule is COc1ccccc1CN1CC(C(=O)N2CCCN(C(=O)C3CC3)CC2)CC1=O. The van der Waals surface area contributed by atoms with Gasteiger partial charge in [0, 0.05) is 57.2 Å². The van der Waals surface area contributed by atoms with E-state index in [-0.39, 0.29) is 36.0 Å². The lowest BCUT2D eigenvalue weighted by Crippen LogP contribution is -2.41. The molecule has 0 bridgehead atoms. The number of nitrogens with zero attached hydrogens (tertiary/aromatic N) is 3. The van der Waals surface area contributed by atoms with Gasteiger partial charge >= 0.3 is 0 Å². The van der Waals surface area contributed by atoms with E-state index in [1.54, 1.807) is 12.0 Å². The van der Waals surface area contributed by atoms with Crippen molar-refractivity contribution in [3.05, 3.63) is 29.8 Å². The van der Waals surface area contributed by atoms with Crippen LogP contribution in [0.4, 0.5) is 0 Å². The third-order valence-corrected chi connectivity index (χ3v) is 6.16. The molecule has 1 aliphatic carbocycles. The number of methoxy groups -OCH3 is 1. The van der Waals surface area contributed by atoms with Crippen molar-refractivity contribution >= 4 is 17.7 Å².